The zero-order chi connectivity index (χ0) is 20.4. The zero-order valence-electron chi connectivity index (χ0n) is 15.2. The van der Waals surface area contributed by atoms with Crippen LogP contribution in [0.1, 0.15) is 6.92 Å². The van der Waals surface area contributed by atoms with Gasteiger partial charge in [0.2, 0.25) is 5.91 Å². The van der Waals surface area contributed by atoms with Gasteiger partial charge in [0, 0.05) is 34.9 Å². The Hall–Kier alpha value is -3.66. The number of aromatic nitrogens is 3. The van der Waals surface area contributed by atoms with Gasteiger partial charge in [0.05, 0.1) is 15.7 Å². The van der Waals surface area contributed by atoms with Gasteiger partial charge in [-0.3, -0.25) is 14.9 Å². The number of amides is 1. The molecule has 2 aromatic heterocycles. The van der Waals surface area contributed by atoms with E-state index in [0.29, 0.717) is 11.6 Å². The number of fused-ring (bicyclic) bond motifs is 1. The van der Waals surface area contributed by atoms with Gasteiger partial charge in [0.25, 0.3) is 16.8 Å². The minimum atomic E-state index is -0.513. The molecule has 146 valence electrons. The summed E-state index contributed by atoms with van der Waals surface area (Å²) in [5.74, 6) is 0.0867. The second kappa shape index (κ2) is 7.76. The molecule has 0 aliphatic heterocycles. The van der Waals surface area contributed by atoms with E-state index in [9.17, 15) is 14.9 Å². The number of carbonyl (C=O) groups is 1. The number of benzene rings is 2. The van der Waals surface area contributed by atoms with Crippen molar-refractivity contribution in [3.63, 3.8) is 0 Å². The van der Waals surface area contributed by atoms with Crippen LogP contribution in [0, 0.1) is 10.1 Å². The standard InChI is InChI=1S/C19H15N5O4S/c1-11(17(25)21-12-6-8-13(9-7-12)24(26)27)29-19-23-22-18(28-19)15-10-20-16-5-3-2-4-14(15)16/h2-11,20H,1H3,(H,21,25). The number of nitrogens with one attached hydrogen (secondary N) is 2. The van der Waals surface area contributed by atoms with Crippen molar-refractivity contribution in [1.82, 2.24) is 15.2 Å². The van der Waals surface area contributed by atoms with E-state index in [2.05, 4.69) is 20.5 Å². The van der Waals surface area contributed by atoms with Crippen molar-refractivity contribution in [2.24, 2.45) is 0 Å². The molecule has 2 heterocycles. The first-order chi connectivity index (χ1) is 14.0. The van der Waals surface area contributed by atoms with E-state index >= 15 is 0 Å². The number of nitro benzene ring substituents is 1. The van der Waals surface area contributed by atoms with E-state index < -0.39 is 10.2 Å². The molecule has 9 nitrogen and oxygen atoms in total. The van der Waals surface area contributed by atoms with Gasteiger partial charge in [0.15, 0.2) is 0 Å². The molecule has 0 spiro atoms. The Kier molecular flexibility index (Phi) is 5.00. The Balaban J connectivity index is 1.42. The number of H-pyrrole nitrogens is 1. The Bertz CT molecular complexity index is 1180. The summed E-state index contributed by atoms with van der Waals surface area (Å²) in [6, 6.07) is 13.4. The number of anilines is 1. The fraction of sp³-hybridized carbons (Fsp3) is 0.105. The number of rotatable bonds is 6. The van der Waals surface area contributed by atoms with E-state index in [1.807, 2.05) is 24.3 Å². The van der Waals surface area contributed by atoms with E-state index in [-0.39, 0.29) is 16.8 Å². The molecule has 0 saturated carbocycles. The number of hydrogen-bond donors (Lipinski definition) is 2. The van der Waals surface area contributed by atoms with Gasteiger partial charge in [-0.1, -0.05) is 30.0 Å². The number of nitro groups is 1. The lowest BCUT2D eigenvalue weighted by Gasteiger charge is -2.09. The third-order valence-corrected chi connectivity index (χ3v) is 5.15. The Morgan fingerprint density at radius 2 is 1.97 bits per heavy atom. The molecule has 1 amide bonds. The summed E-state index contributed by atoms with van der Waals surface area (Å²) in [5.41, 5.74) is 2.19. The fourth-order valence-corrected chi connectivity index (χ4v) is 3.41. The fourth-order valence-electron chi connectivity index (χ4n) is 2.73. The molecule has 0 fully saturated rings. The summed E-state index contributed by atoms with van der Waals surface area (Å²) >= 11 is 1.13. The predicted octanol–water partition coefficient (Wildman–Crippen LogP) is 4.25. The highest BCUT2D eigenvalue weighted by Gasteiger charge is 2.20. The van der Waals surface area contributed by atoms with Crippen molar-refractivity contribution in [3.8, 4) is 11.5 Å². The maximum Gasteiger partial charge on any atom is 0.277 e. The van der Waals surface area contributed by atoms with Gasteiger partial charge in [-0.05, 0) is 25.1 Å². The molecule has 0 saturated heterocycles. The average molecular weight is 409 g/mol. The van der Waals surface area contributed by atoms with Crippen LogP contribution in [-0.4, -0.2) is 31.3 Å². The van der Waals surface area contributed by atoms with Crippen molar-refractivity contribution in [2.75, 3.05) is 5.32 Å². The minimum Gasteiger partial charge on any atom is -0.411 e. The molecular formula is C19H15N5O4S. The van der Waals surface area contributed by atoms with Gasteiger partial charge in [0.1, 0.15) is 0 Å². The second-order valence-electron chi connectivity index (χ2n) is 6.17. The smallest absolute Gasteiger partial charge is 0.277 e. The van der Waals surface area contributed by atoms with Gasteiger partial charge in [-0.15, -0.1) is 10.2 Å². The molecule has 4 aromatic rings. The summed E-state index contributed by atoms with van der Waals surface area (Å²) in [5, 5.41) is 22.2. The summed E-state index contributed by atoms with van der Waals surface area (Å²) in [6.07, 6.45) is 1.80. The highest BCUT2D eigenvalue weighted by atomic mass is 32.2. The van der Waals surface area contributed by atoms with Crippen LogP contribution in [0.4, 0.5) is 11.4 Å². The molecule has 10 heteroatoms. The maximum atomic E-state index is 12.4. The van der Waals surface area contributed by atoms with E-state index in [0.717, 1.165) is 28.2 Å². The lowest BCUT2D eigenvalue weighted by Crippen LogP contribution is -2.22. The van der Waals surface area contributed by atoms with E-state index in [1.54, 1.807) is 13.1 Å². The third kappa shape index (κ3) is 3.97. The number of carbonyl (C=O) groups excluding carboxylic acids is 1. The SMILES string of the molecule is CC(Sc1nnc(-c2c[nH]c3ccccc23)o1)C(=O)Nc1ccc([N+](=O)[O-])cc1. The van der Waals surface area contributed by atoms with Gasteiger partial charge >= 0.3 is 0 Å². The molecular weight excluding hydrogens is 394 g/mol. The molecule has 29 heavy (non-hydrogen) atoms. The average Bonchev–Trinajstić information content (AvgIpc) is 3.35. The van der Waals surface area contributed by atoms with Crippen LogP contribution in [0.2, 0.25) is 0 Å². The molecule has 0 aliphatic carbocycles. The molecule has 0 bridgehead atoms. The van der Waals surface area contributed by atoms with Crippen LogP contribution >= 0.6 is 11.8 Å². The minimum absolute atomic E-state index is 0.0407. The largest absolute Gasteiger partial charge is 0.411 e. The molecule has 0 radical (unpaired) electrons. The number of aromatic amines is 1. The molecule has 4 rings (SSSR count). The van der Waals surface area contributed by atoms with E-state index in [1.165, 1.54) is 24.3 Å². The lowest BCUT2D eigenvalue weighted by molar-refractivity contribution is -0.384. The van der Waals surface area contributed by atoms with Crippen molar-refractivity contribution in [2.45, 2.75) is 17.4 Å². The molecule has 2 aromatic carbocycles. The number of para-hydroxylation sites is 1. The van der Waals surface area contributed by atoms with Gasteiger partial charge < -0.3 is 14.7 Å². The first-order valence-corrected chi connectivity index (χ1v) is 9.51. The topological polar surface area (TPSA) is 127 Å². The van der Waals surface area contributed by atoms with Crippen LogP contribution in [0.5, 0.6) is 0 Å². The van der Waals surface area contributed by atoms with Crippen molar-refractivity contribution in [3.05, 3.63) is 64.8 Å². The molecule has 0 aliphatic rings. The van der Waals surface area contributed by atoms with Crippen molar-refractivity contribution in [1.29, 1.82) is 0 Å². The Morgan fingerprint density at radius 1 is 1.21 bits per heavy atom. The van der Waals surface area contributed by atoms with Crippen molar-refractivity contribution < 1.29 is 14.1 Å². The highest BCUT2D eigenvalue weighted by molar-refractivity contribution is 8.00. The van der Waals surface area contributed by atoms with Crippen molar-refractivity contribution >= 4 is 39.9 Å². The van der Waals surface area contributed by atoms with Crippen LogP contribution in [-0.2, 0) is 4.79 Å². The summed E-state index contributed by atoms with van der Waals surface area (Å²) in [6.45, 7) is 1.71. The first-order valence-electron chi connectivity index (χ1n) is 8.63. The normalized spacial score (nSPS) is 12.0. The predicted molar refractivity (Wildman–Crippen MR) is 109 cm³/mol. The van der Waals surface area contributed by atoms with Crippen LogP contribution in [0.25, 0.3) is 22.4 Å². The summed E-state index contributed by atoms with van der Waals surface area (Å²) in [7, 11) is 0. The summed E-state index contributed by atoms with van der Waals surface area (Å²) in [4.78, 5) is 25.7. The first kappa shape index (κ1) is 18.7. The quantitative estimate of drug-likeness (QED) is 0.277. The number of thioether (sulfide) groups is 1. The Labute approximate surface area is 168 Å². The van der Waals surface area contributed by atoms with Gasteiger partial charge in [-0.2, -0.15) is 0 Å². The van der Waals surface area contributed by atoms with Crippen LogP contribution in [0.15, 0.2) is 64.4 Å². The number of hydrogen-bond acceptors (Lipinski definition) is 7. The molecule has 1 atom stereocenters. The van der Waals surface area contributed by atoms with Crippen LogP contribution in [0.3, 0.4) is 0 Å². The number of non-ortho nitro benzene ring substituents is 1. The maximum absolute atomic E-state index is 12.4. The van der Waals surface area contributed by atoms with E-state index in [4.69, 9.17) is 4.42 Å². The van der Waals surface area contributed by atoms with Crippen LogP contribution < -0.4 is 5.32 Å². The lowest BCUT2D eigenvalue weighted by atomic mass is 10.2. The highest BCUT2D eigenvalue weighted by Crippen LogP contribution is 2.31. The molecule has 1 unspecified atom stereocenters. The number of nitrogens with zero attached hydrogens (tertiary/aromatic N) is 3. The Morgan fingerprint density at radius 3 is 2.72 bits per heavy atom. The van der Waals surface area contributed by atoms with Gasteiger partial charge in [-0.25, -0.2) is 0 Å². The third-order valence-electron chi connectivity index (χ3n) is 4.22. The summed E-state index contributed by atoms with van der Waals surface area (Å²) < 4.78 is 5.72. The monoisotopic (exact) mass is 409 g/mol. The zero-order valence-corrected chi connectivity index (χ0v) is 16.0. The second-order valence-corrected chi connectivity index (χ2v) is 7.47. The molecule has 2 N–H and O–H groups in total.